The number of halogens is 1. The highest BCUT2D eigenvalue weighted by Crippen LogP contribution is 2.10. The van der Waals surface area contributed by atoms with Gasteiger partial charge in [-0.2, -0.15) is 0 Å². The van der Waals surface area contributed by atoms with Gasteiger partial charge in [0.1, 0.15) is 0 Å². The first-order chi connectivity index (χ1) is 5.07. The minimum absolute atomic E-state index is 0.176. The molecule has 0 aliphatic carbocycles. The molecule has 1 heteroatoms. The van der Waals surface area contributed by atoms with Gasteiger partial charge in [0.25, 0.3) is 0 Å². The van der Waals surface area contributed by atoms with Crippen molar-refractivity contribution >= 4 is 0 Å². The van der Waals surface area contributed by atoms with E-state index in [-0.39, 0.29) is 5.83 Å². The van der Waals surface area contributed by atoms with Gasteiger partial charge in [0, 0.05) is 0 Å². The van der Waals surface area contributed by atoms with Crippen LogP contribution in [0.5, 0.6) is 0 Å². The van der Waals surface area contributed by atoms with E-state index in [1.54, 1.807) is 12.2 Å². The maximum Gasteiger partial charge on any atom is 0.0968 e. The molecule has 0 aliphatic heterocycles. The highest BCUT2D eigenvalue weighted by molar-refractivity contribution is 5.24. The van der Waals surface area contributed by atoms with Gasteiger partial charge in [-0.3, -0.25) is 0 Å². The topological polar surface area (TPSA) is 0 Å². The van der Waals surface area contributed by atoms with Crippen molar-refractivity contribution in [3.05, 3.63) is 36.2 Å². The Hall–Kier alpha value is -0.850. The summed E-state index contributed by atoms with van der Waals surface area (Å²) < 4.78 is 12.2. The summed E-state index contributed by atoms with van der Waals surface area (Å²) in [6.45, 7) is 9.17. The molecule has 11 heavy (non-hydrogen) atoms. The Labute approximate surface area is 68.1 Å². The van der Waals surface area contributed by atoms with Crippen LogP contribution in [-0.4, -0.2) is 0 Å². The van der Waals surface area contributed by atoms with Gasteiger partial charge in [0.05, 0.1) is 5.83 Å². The van der Waals surface area contributed by atoms with Crippen molar-refractivity contribution < 1.29 is 4.39 Å². The largest absolute Gasteiger partial charge is 0.212 e. The van der Waals surface area contributed by atoms with Crippen LogP contribution in [0.25, 0.3) is 0 Å². The highest BCUT2D eigenvalue weighted by atomic mass is 19.1. The smallest absolute Gasteiger partial charge is 0.0968 e. The molecule has 0 nitrogen and oxygen atoms in total. The lowest BCUT2D eigenvalue weighted by Gasteiger charge is -2.02. The number of rotatable bonds is 3. The van der Waals surface area contributed by atoms with Crippen molar-refractivity contribution in [3.63, 3.8) is 0 Å². The minimum Gasteiger partial charge on any atom is -0.212 e. The van der Waals surface area contributed by atoms with Gasteiger partial charge in [0.2, 0.25) is 0 Å². The average Bonchev–Trinajstić information content (AvgIpc) is 1.87. The molecule has 0 N–H and O–H groups in total. The third kappa shape index (κ3) is 4.54. The summed E-state index contributed by atoms with van der Waals surface area (Å²) in [6, 6.07) is 0. The van der Waals surface area contributed by atoms with E-state index < -0.39 is 0 Å². The van der Waals surface area contributed by atoms with Crippen LogP contribution in [-0.2, 0) is 0 Å². The van der Waals surface area contributed by atoms with E-state index in [2.05, 4.69) is 20.4 Å². The van der Waals surface area contributed by atoms with Crippen molar-refractivity contribution in [1.82, 2.24) is 0 Å². The van der Waals surface area contributed by atoms with E-state index in [9.17, 15) is 4.39 Å². The molecule has 0 fully saturated rings. The fourth-order valence-electron chi connectivity index (χ4n) is 0.707. The lowest BCUT2D eigenvalue weighted by molar-refractivity contribution is 0.640. The van der Waals surface area contributed by atoms with Gasteiger partial charge < -0.3 is 0 Å². The molecule has 0 aromatic carbocycles. The summed E-state index contributed by atoms with van der Waals surface area (Å²) >= 11 is 0. The molecule has 0 radical (unpaired) electrons. The second-order valence-corrected chi connectivity index (χ2v) is 2.78. The highest BCUT2D eigenvalue weighted by Gasteiger charge is 1.95. The van der Waals surface area contributed by atoms with Crippen molar-refractivity contribution in [2.75, 3.05) is 0 Å². The van der Waals surface area contributed by atoms with Crippen molar-refractivity contribution in [1.29, 1.82) is 0 Å². The summed E-state index contributed by atoms with van der Waals surface area (Å²) in [6.07, 6.45) is 4.97. The molecule has 0 aromatic heterocycles. The van der Waals surface area contributed by atoms with Gasteiger partial charge in [-0.1, -0.05) is 32.6 Å². The van der Waals surface area contributed by atoms with Crippen LogP contribution in [0.1, 0.15) is 20.8 Å². The fraction of sp³-hybridized carbons (Fsp3) is 0.400. The normalized spacial score (nSPS) is 13.9. The Morgan fingerprint density at radius 2 is 1.91 bits per heavy atom. The number of hydrogen-bond donors (Lipinski definition) is 0. The maximum absolute atomic E-state index is 12.2. The van der Waals surface area contributed by atoms with Crippen LogP contribution >= 0.6 is 0 Å². The Morgan fingerprint density at radius 3 is 2.18 bits per heavy atom. The van der Waals surface area contributed by atoms with E-state index in [4.69, 9.17) is 0 Å². The van der Waals surface area contributed by atoms with Crippen molar-refractivity contribution in [2.45, 2.75) is 20.8 Å². The molecule has 0 amide bonds. The van der Waals surface area contributed by atoms with E-state index in [1.807, 2.05) is 0 Å². The zero-order valence-electron chi connectivity index (χ0n) is 7.39. The summed E-state index contributed by atoms with van der Waals surface area (Å²) in [5.41, 5.74) is 1.06. The van der Waals surface area contributed by atoms with Crippen LogP contribution in [0.15, 0.2) is 36.2 Å². The molecule has 0 aromatic rings. The van der Waals surface area contributed by atoms with E-state index in [0.717, 1.165) is 5.57 Å². The Kier molecular flexibility index (Phi) is 4.51. The Morgan fingerprint density at radius 1 is 1.36 bits per heavy atom. The zero-order valence-corrected chi connectivity index (χ0v) is 7.39. The van der Waals surface area contributed by atoms with Gasteiger partial charge in [-0.15, -0.1) is 0 Å². The molecule has 62 valence electrons. The Bertz CT molecular complexity index is 181. The zero-order chi connectivity index (χ0) is 8.85. The number of hydrogen-bond acceptors (Lipinski definition) is 0. The first kappa shape index (κ1) is 10.2. The molecule has 0 bridgehead atoms. The maximum atomic E-state index is 12.2. The van der Waals surface area contributed by atoms with Crippen LogP contribution in [0.2, 0.25) is 0 Å². The van der Waals surface area contributed by atoms with E-state index in [0.29, 0.717) is 5.92 Å². The van der Waals surface area contributed by atoms with Crippen LogP contribution in [0.3, 0.4) is 0 Å². The second kappa shape index (κ2) is 4.89. The van der Waals surface area contributed by atoms with Gasteiger partial charge in [-0.25, -0.2) is 4.39 Å². The van der Waals surface area contributed by atoms with E-state index in [1.165, 1.54) is 13.0 Å². The molecule has 0 aliphatic rings. The predicted molar refractivity (Wildman–Crippen MR) is 48.0 cm³/mol. The first-order valence-corrected chi connectivity index (χ1v) is 3.74. The lowest BCUT2D eigenvalue weighted by atomic mass is 10.0. The minimum atomic E-state index is -0.176. The van der Waals surface area contributed by atoms with Gasteiger partial charge in [-0.05, 0) is 24.5 Å². The van der Waals surface area contributed by atoms with E-state index >= 15 is 0 Å². The van der Waals surface area contributed by atoms with Crippen LogP contribution in [0.4, 0.5) is 4.39 Å². The third-order valence-electron chi connectivity index (χ3n) is 1.41. The summed E-state index contributed by atoms with van der Waals surface area (Å²) in [5, 5.41) is 0. The molecule has 0 heterocycles. The second-order valence-electron chi connectivity index (χ2n) is 2.78. The summed E-state index contributed by atoms with van der Waals surface area (Å²) in [7, 11) is 0. The van der Waals surface area contributed by atoms with Crippen molar-refractivity contribution in [3.8, 4) is 0 Å². The fourth-order valence-corrected chi connectivity index (χ4v) is 0.707. The first-order valence-electron chi connectivity index (χ1n) is 3.74. The molecule has 0 unspecified atom stereocenters. The molecule has 0 atom stereocenters. The van der Waals surface area contributed by atoms with Crippen molar-refractivity contribution in [2.24, 2.45) is 5.92 Å². The molecule has 0 spiro atoms. The van der Waals surface area contributed by atoms with Gasteiger partial charge >= 0.3 is 0 Å². The van der Waals surface area contributed by atoms with Crippen LogP contribution < -0.4 is 0 Å². The third-order valence-corrected chi connectivity index (χ3v) is 1.41. The molecule has 0 saturated heterocycles. The molecular weight excluding hydrogens is 139 g/mol. The molecular formula is C10H15F. The number of allylic oxidation sites excluding steroid dienone is 5. The summed E-state index contributed by atoms with van der Waals surface area (Å²) in [4.78, 5) is 0. The van der Waals surface area contributed by atoms with Crippen LogP contribution in [0, 0.1) is 5.92 Å². The molecule has 0 rings (SSSR count). The van der Waals surface area contributed by atoms with Gasteiger partial charge in [0.15, 0.2) is 0 Å². The quantitative estimate of drug-likeness (QED) is 0.544. The average molecular weight is 154 g/mol. The monoisotopic (exact) mass is 154 g/mol. The molecule has 0 saturated carbocycles. The Balaban J connectivity index is 4.36. The predicted octanol–water partition coefficient (Wildman–Crippen LogP) is 3.63. The summed E-state index contributed by atoms with van der Waals surface area (Å²) in [5.74, 6) is 0.230. The standard InChI is InChI=1S/C10H15F/c1-5-10(8(2)3)7-6-9(4)11/h5-8H,1H2,2-4H3/b9-6-,10-7+. The SMILES string of the molecule is C=C/C(=C\C=C(\C)F)C(C)C. The lowest BCUT2D eigenvalue weighted by Crippen LogP contribution is -1.88.